The van der Waals surface area contributed by atoms with E-state index in [1.54, 1.807) is 6.07 Å². The fourth-order valence-electron chi connectivity index (χ4n) is 1.88. The molecule has 0 aliphatic carbocycles. The van der Waals surface area contributed by atoms with E-state index >= 15 is 0 Å². The third-order valence-corrected chi connectivity index (χ3v) is 2.92. The largest absolute Gasteiger partial charge is 0.508 e. The van der Waals surface area contributed by atoms with Crippen LogP contribution in [-0.4, -0.2) is 11.7 Å². The van der Waals surface area contributed by atoms with Crippen molar-refractivity contribution in [3.8, 4) is 5.75 Å². The Labute approximate surface area is 98.7 Å². The molecule has 0 saturated carbocycles. The molecule has 0 aromatic heterocycles. The number of aromatic hydroxyl groups is 1. The van der Waals surface area contributed by atoms with Crippen LogP contribution in [0.25, 0.3) is 0 Å². The van der Waals surface area contributed by atoms with E-state index < -0.39 is 0 Å². The summed E-state index contributed by atoms with van der Waals surface area (Å²) in [6, 6.07) is 7.75. The fraction of sp³-hybridized carbons (Fsp3) is 0.571. The van der Waals surface area contributed by atoms with Gasteiger partial charge in [0.05, 0.1) is 0 Å². The van der Waals surface area contributed by atoms with Gasteiger partial charge in [-0.05, 0) is 43.5 Å². The molecule has 16 heavy (non-hydrogen) atoms. The Bertz CT molecular complexity index is 311. The van der Waals surface area contributed by atoms with Crippen LogP contribution in [-0.2, 0) is 0 Å². The number of benzene rings is 1. The molecule has 0 radical (unpaired) electrons. The second-order valence-electron chi connectivity index (χ2n) is 4.62. The second kappa shape index (κ2) is 6.54. The zero-order chi connectivity index (χ0) is 12.0. The van der Waals surface area contributed by atoms with E-state index in [2.05, 4.69) is 26.1 Å². The Morgan fingerprint density at radius 3 is 2.69 bits per heavy atom. The molecule has 0 aliphatic heterocycles. The number of rotatable bonds is 6. The standard InChI is InChI=1S/C14H23NO/c1-4-6-11(2)10-15-12(3)13-7-5-8-14(16)9-13/h5,7-9,11-12,15-16H,4,6,10H2,1-3H3. The van der Waals surface area contributed by atoms with Crippen LogP contribution in [0.5, 0.6) is 5.75 Å². The van der Waals surface area contributed by atoms with Crippen LogP contribution in [0.4, 0.5) is 0 Å². The zero-order valence-corrected chi connectivity index (χ0v) is 10.5. The monoisotopic (exact) mass is 221 g/mol. The van der Waals surface area contributed by atoms with Gasteiger partial charge in [-0.1, -0.05) is 32.4 Å². The summed E-state index contributed by atoms with van der Waals surface area (Å²) in [4.78, 5) is 0. The molecular formula is C14H23NO. The van der Waals surface area contributed by atoms with Crippen molar-refractivity contribution in [2.45, 2.75) is 39.7 Å². The van der Waals surface area contributed by atoms with Crippen LogP contribution < -0.4 is 5.32 Å². The van der Waals surface area contributed by atoms with Crippen LogP contribution in [0, 0.1) is 5.92 Å². The Kier molecular flexibility index (Phi) is 5.33. The van der Waals surface area contributed by atoms with Crippen molar-refractivity contribution >= 4 is 0 Å². The molecule has 0 heterocycles. The second-order valence-corrected chi connectivity index (χ2v) is 4.62. The van der Waals surface area contributed by atoms with Crippen molar-refractivity contribution in [3.05, 3.63) is 29.8 Å². The predicted molar refractivity (Wildman–Crippen MR) is 68.6 cm³/mol. The maximum Gasteiger partial charge on any atom is 0.115 e. The highest BCUT2D eigenvalue weighted by Gasteiger charge is 2.07. The van der Waals surface area contributed by atoms with Crippen molar-refractivity contribution in [1.29, 1.82) is 0 Å². The van der Waals surface area contributed by atoms with Gasteiger partial charge in [-0.15, -0.1) is 0 Å². The maximum atomic E-state index is 9.40. The lowest BCUT2D eigenvalue weighted by Gasteiger charge is -2.17. The summed E-state index contributed by atoms with van der Waals surface area (Å²) in [5.74, 6) is 1.05. The SMILES string of the molecule is CCCC(C)CNC(C)c1cccc(O)c1. The molecule has 0 spiro atoms. The van der Waals surface area contributed by atoms with Gasteiger partial charge in [0.2, 0.25) is 0 Å². The number of nitrogens with one attached hydrogen (secondary N) is 1. The predicted octanol–water partition coefficient (Wildman–Crippen LogP) is 3.48. The lowest BCUT2D eigenvalue weighted by atomic mass is 10.0. The minimum atomic E-state index is 0.298. The highest BCUT2D eigenvalue weighted by Crippen LogP contribution is 2.18. The van der Waals surface area contributed by atoms with Crippen LogP contribution >= 0.6 is 0 Å². The molecule has 0 fully saturated rings. The van der Waals surface area contributed by atoms with E-state index in [1.165, 1.54) is 12.8 Å². The topological polar surface area (TPSA) is 32.3 Å². The van der Waals surface area contributed by atoms with Crippen molar-refractivity contribution in [3.63, 3.8) is 0 Å². The summed E-state index contributed by atoms with van der Waals surface area (Å²) in [5, 5.41) is 12.9. The molecular weight excluding hydrogens is 198 g/mol. The summed E-state index contributed by atoms with van der Waals surface area (Å²) < 4.78 is 0. The summed E-state index contributed by atoms with van der Waals surface area (Å²) in [6.45, 7) is 7.65. The van der Waals surface area contributed by atoms with Gasteiger partial charge >= 0.3 is 0 Å². The number of hydrogen-bond donors (Lipinski definition) is 2. The first-order valence-corrected chi connectivity index (χ1v) is 6.15. The van der Waals surface area contributed by atoms with Gasteiger partial charge in [0.1, 0.15) is 5.75 Å². The molecule has 2 heteroatoms. The van der Waals surface area contributed by atoms with Gasteiger partial charge in [0, 0.05) is 6.04 Å². The molecule has 2 unspecified atom stereocenters. The number of phenolic OH excluding ortho intramolecular Hbond substituents is 1. The van der Waals surface area contributed by atoms with Gasteiger partial charge in [0.25, 0.3) is 0 Å². The van der Waals surface area contributed by atoms with Gasteiger partial charge in [0.15, 0.2) is 0 Å². The molecule has 2 nitrogen and oxygen atoms in total. The van der Waals surface area contributed by atoms with E-state index in [0.717, 1.165) is 12.1 Å². The average molecular weight is 221 g/mol. The summed E-state index contributed by atoms with van der Waals surface area (Å²) >= 11 is 0. The third-order valence-electron chi connectivity index (χ3n) is 2.92. The smallest absolute Gasteiger partial charge is 0.115 e. The third kappa shape index (κ3) is 4.23. The first-order valence-electron chi connectivity index (χ1n) is 6.15. The van der Waals surface area contributed by atoms with Crippen LogP contribution in [0.15, 0.2) is 24.3 Å². The van der Waals surface area contributed by atoms with Crippen molar-refractivity contribution in [2.24, 2.45) is 5.92 Å². The molecule has 1 aromatic rings. The van der Waals surface area contributed by atoms with Crippen molar-refractivity contribution in [2.75, 3.05) is 6.54 Å². The fourth-order valence-corrected chi connectivity index (χ4v) is 1.88. The van der Waals surface area contributed by atoms with Gasteiger partial charge in [-0.2, -0.15) is 0 Å². The number of hydrogen-bond acceptors (Lipinski definition) is 2. The first-order chi connectivity index (χ1) is 7.63. The number of phenols is 1. The normalized spacial score (nSPS) is 14.7. The highest BCUT2D eigenvalue weighted by molar-refractivity contribution is 5.28. The Morgan fingerprint density at radius 2 is 2.06 bits per heavy atom. The lowest BCUT2D eigenvalue weighted by Crippen LogP contribution is -2.24. The highest BCUT2D eigenvalue weighted by atomic mass is 16.3. The van der Waals surface area contributed by atoms with E-state index in [1.807, 2.05) is 18.2 Å². The van der Waals surface area contributed by atoms with E-state index in [0.29, 0.717) is 17.7 Å². The van der Waals surface area contributed by atoms with Crippen LogP contribution in [0.3, 0.4) is 0 Å². The van der Waals surface area contributed by atoms with Crippen molar-refractivity contribution in [1.82, 2.24) is 5.32 Å². The van der Waals surface area contributed by atoms with E-state index in [-0.39, 0.29) is 0 Å². The summed E-state index contributed by atoms with van der Waals surface area (Å²) in [6.07, 6.45) is 2.50. The Morgan fingerprint density at radius 1 is 1.31 bits per heavy atom. The van der Waals surface area contributed by atoms with E-state index in [9.17, 15) is 5.11 Å². The van der Waals surface area contributed by atoms with E-state index in [4.69, 9.17) is 0 Å². The van der Waals surface area contributed by atoms with Gasteiger partial charge in [-0.25, -0.2) is 0 Å². The lowest BCUT2D eigenvalue weighted by molar-refractivity contribution is 0.441. The molecule has 0 bridgehead atoms. The van der Waals surface area contributed by atoms with Crippen LogP contribution in [0.1, 0.15) is 45.2 Å². The molecule has 1 aromatic carbocycles. The Balaban J connectivity index is 2.43. The minimum Gasteiger partial charge on any atom is -0.508 e. The summed E-state index contributed by atoms with van der Waals surface area (Å²) in [5.41, 5.74) is 1.14. The molecule has 1 rings (SSSR count). The van der Waals surface area contributed by atoms with Crippen molar-refractivity contribution < 1.29 is 5.11 Å². The van der Waals surface area contributed by atoms with Gasteiger partial charge in [-0.3, -0.25) is 0 Å². The molecule has 0 amide bonds. The quantitative estimate of drug-likeness (QED) is 0.771. The minimum absolute atomic E-state index is 0.298. The Hall–Kier alpha value is -1.02. The molecule has 90 valence electrons. The maximum absolute atomic E-state index is 9.40. The molecule has 2 N–H and O–H groups in total. The molecule has 0 aliphatic rings. The molecule has 2 atom stereocenters. The molecule has 0 saturated heterocycles. The zero-order valence-electron chi connectivity index (χ0n) is 10.5. The van der Waals surface area contributed by atoms with Gasteiger partial charge < -0.3 is 10.4 Å². The van der Waals surface area contributed by atoms with Crippen LogP contribution in [0.2, 0.25) is 0 Å². The first kappa shape index (κ1) is 13.0. The average Bonchev–Trinajstić information content (AvgIpc) is 2.26. The summed E-state index contributed by atoms with van der Waals surface area (Å²) in [7, 11) is 0.